The molecule has 4 heteroatoms. The van der Waals surface area contributed by atoms with Gasteiger partial charge in [0.2, 0.25) is 0 Å². The molecule has 1 N–H and O–H groups in total. The van der Waals surface area contributed by atoms with Gasteiger partial charge in [-0.2, -0.15) is 0 Å². The number of thiophene rings is 1. The van der Waals surface area contributed by atoms with Crippen molar-refractivity contribution in [3.8, 4) is 0 Å². The van der Waals surface area contributed by atoms with Crippen LogP contribution in [-0.4, -0.2) is 28.9 Å². The van der Waals surface area contributed by atoms with E-state index in [0.29, 0.717) is 0 Å². The SMILES string of the molecule is CC(Cc1cccs1)N(C)C(=O)c1c[nH]c2ccccc12. The number of aromatic nitrogens is 1. The van der Waals surface area contributed by atoms with Crippen molar-refractivity contribution in [2.45, 2.75) is 19.4 Å². The molecule has 1 atom stereocenters. The lowest BCUT2D eigenvalue weighted by molar-refractivity contribution is 0.0746. The summed E-state index contributed by atoms with van der Waals surface area (Å²) in [6.45, 7) is 2.09. The maximum atomic E-state index is 12.7. The first-order chi connectivity index (χ1) is 10.2. The number of aromatic amines is 1. The molecule has 1 aromatic carbocycles. The molecule has 2 aromatic heterocycles. The van der Waals surface area contributed by atoms with E-state index in [9.17, 15) is 4.79 Å². The Morgan fingerprint density at radius 1 is 1.29 bits per heavy atom. The third kappa shape index (κ3) is 2.72. The first kappa shape index (κ1) is 13.9. The van der Waals surface area contributed by atoms with Gasteiger partial charge in [0, 0.05) is 41.5 Å². The smallest absolute Gasteiger partial charge is 0.256 e. The largest absolute Gasteiger partial charge is 0.360 e. The van der Waals surface area contributed by atoms with Gasteiger partial charge in [-0.1, -0.05) is 24.3 Å². The van der Waals surface area contributed by atoms with Crippen LogP contribution in [0.1, 0.15) is 22.2 Å². The highest BCUT2D eigenvalue weighted by Crippen LogP contribution is 2.21. The number of benzene rings is 1. The second kappa shape index (κ2) is 5.74. The topological polar surface area (TPSA) is 36.1 Å². The van der Waals surface area contributed by atoms with E-state index in [1.807, 2.05) is 42.3 Å². The van der Waals surface area contributed by atoms with Crippen molar-refractivity contribution in [2.75, 3.05) is 7.05 Å². The Morgan fingerprint density at radius 3 is 2.86 bits per heavy atom. The van der Waals surface area contributed by atoms with Crippen molar-refractivity contribution in [3.63, 3.8) is 0 Å². The van der Waals surface area contributed by atoms with Crippen molar-refractivity contribution in [3.05, 3.63) is 58.4 Å². The maximum Gasteiger partial charge on any atom is 0.256 e. The minimum atomic E-state index is 0.0662. The predicted molar refractivity (Wildman–Crippen MR) is 87.9 cm³/mol. The highest BCUT2D eigenvalue weighted by Gasteiger charge is 2.20. The molecule has 3 nitrogen and oxygen atoms in total. The monoisotopic (exact) mass is 298 g/mol. The molecule has 108 valence electrons. The van der Waals surface area contributed by atoms with E-state index < -0.39 is 0 Å². The summed E-state index contributed by atoms with van der Waals surface area (Å²) >= 11 is 1.74. The average molecular weight is 298 g/mol. The van der Waals surface area contributed by atoms with Gasteiger partial charge < -0.3 is 9.88 Å². The van der Waals surface area contributed by atoms with Gasteiger partial charge in [0.05, 0.1) is 5.56 Å². The summed E-state index contributed by atoms with van der Waals surface area (Å²) < 4.78 is 0. The first-order valence-electron chi connectivity index (χ1n) is 7.02. The zero-order valence-corrected chi connectivity index (χ0v) is 13.0. The van der Waals surface area contributed by atoms with E-state index in [2.05, 4.69) is 23.4 Å². The molecule has 0 fully saturated rings. The van der Waals surface area contributed by atoms with Crippen LogP contribution in [0.15, 0.2) is 48.0 Å². The van der Waals surface area contributed by atoms with Crippen LogP contribution in [0.3, 0.4) is 0 Å². The molecule has 3 rings (SSSR count). The normalized spacial score (nSPS) is 12.5. The van der Waals surface area contributed by atoms with Gasteiger partial charge in [-0.25, -0.2) is 0 Å². The van der Waals surface area contributed by atoms with E-state index in [4.69, 9.17) is 0 Å². The van der Waals surface area contributed by atoms with Crippen LogP contribution < -0.4 is 0 Å². The van der Waals surface area contributed by atoms with Crippen LogP contribution in [0.2, 0.25) is 0 Å². The maximum absolute atomic E-state index is 12.7. The highest BCUT2D eigenvalue weighted by atomic mass is 32.1. The minimum absolute atomic E-state index is 0.0662. The molecule has 3 aromatic rings. The summed E-state index contributed by atoms with van der Waals surface area (Å²) in [4.78, 5) is 19.0. The number of rotatable bonds is 4. The molecule has 0 saturated carbocycles. The van der Waals surface area contributed by atoms with Crippen molar-refractivity contribution < 1.29 is 4.79 Å². The predicted octanol–water partition coefficient (Wildman–Crippen LogP) is 3.93. The van der Waals surface area contributed by atoms with Crippen LogP contribution in [0.4, 0.5) is 0 Å². The minimum Gasteiger partial charge on any atom is -0.360 e. The van der Waals surface area contributed by atoms with E-state index in [-0.39, 0.29) is 11.9 Å². The van der Waals surface area contributed by atoms with Gasteiger partial charge in [0.1, 0.15) is 0 Å². The highest BCUT2D eigenvalue weighted by molar-refractivity contribution is 7.09. The van der Waals surface area contributed by atoms with Crippen LogP contribution in [0.5, 0.6) is 0 Å². The fourth-order valence-corrected chi connectivity index (χ4v) is 3.32. The third-order valence-electron chi connectivity index (χ3n) is 3.88. The standard InChI is InChI=1S/C17H18N2OS/c1-12(10-13-6-5-9-21-13)19(2)17(20)15-11-18-16-8-4-3-7-14(15)16/h3-9,11-12,18H,10H2,1-2H3. The molecule has 2 heterocycles. The number of fused-ring (bicyclic) bond motifs is 1. The van der Waals surface area contributed by atoms with Gasteiger partial charge in [-0.05, 0) is 24.4 Å². The number of nitrogens with one attached hydrogen (secondary N) is 1. The van der Waals surface area contributed by atoms with Crippen LogP contribution in [0, 0.1) is 0 Å². The second-order valence-corrected chi connectivity index (χ2v) is 6.33. The summed E-state index contributed by atoms with van der Waals surface area (Å²) in [6, 6.07) is 12.2. The molecular weight excluding hydrogens is 280 g/mol. The van der Waals surface area contributed by atoms with Gasteiger partial charge in [-0.15, -0.1) is 11.3 Å². The number of H-pyrrole nitrogens is 1. The molecule has 0 aliphatic carbocycles. The van der Waals surface area contributed by atoms with Gasteiger partial charge in [0.15, 0.2) is 0 Å². The number of carbonyl (C=O) groups excluding carboxylic acids is 1. The van der Waals surface area contributed by atoms with E-state index in [1.165, 1.54) is 4.88 Å². The lowest BCUT2D eigenvalue weighted by atomic mass is 10.1. The Kier molecular flexibility index (Phi) is 3.80. The number of amides is 1. The molecule has 1 amide bonds. The molecule has 0 spiro atoms. The molecule has 21 heavy (non-hydrogen) atoms. The van der Waals surface area contributed by atoms with Crippen LogP contribution in [-0.2, 0) is 6.42 Å². The molecule has 0 saturated heterocycles. The van der Waals surface area contributed by atoms with Crippen molar-refractivity contribution >= 4 is 28.1 Å². The lowest BCUT2D eigenvalue weighted by Crippen LogP contribution is -2.36. The summed E-state index contributed by atoms with van der Waals surface area (Å²) in [7, 11) is 1.88. The van der Waals surface area contributed by atoms with E-state index >= 15 is 0 Å². The number of carbonyl (C=O) groups is 1. The fourth-order valence-electron chi connectivity index (χ4n) is 2.50. The summed E-state index contributed by atoms with van der Waals surface area (Å²) in [5, 5.41) is 3.06. The molecule has 0 aliphatic heterocycles. The van der Waals surface area contributed by atoms with Gasteiger partial charge in [-0.3, -0.25) is 4.79 Å². The zero-order chi connectivity index (χ0) is 14.8. The van der Waals surface area contributed by atoms with Crippen molar-refractivity contribution in [1.82, 2.24) is 9.88 Å². The van der Waals surface area contributed by atoms with Crippen molar-refractivity contribution in [2.24, 2.45) is 0 Å². The molecule has 0 bridgehead atoms. The Balaban J connectivity index is 1.80. The molecule has 0 radical (unpaired) electrons. The van der Waals surface area contributed by atoms with Crippen molar-refractivity contribution in [1.29, 1.82) is 0 Å². The van der Waals surface area contributed by atoms with Crippen LogP contribution >= 0.6 is 11.3 Å². The Hall–Kier alpha value is -2.07. The van der Waals surface area contributed by atoms with E-state index in [0.717, 1.165) is 22.9 Å². The first-order valence-corrected chi connectivity index (χ1v) is 7.90. The Labute approximate surface area is 128 Å². The number of hydrogen-bond acceptors (Lipinski definition) is 2. The zero-order valence-electron chi connectivity index (χ0n) is 12.2. The number of likely N-dealkylation sites (N-methyl/N-ethyl adjacent to an activating group) is 1. The summed E-state index contributed by atoms with van der Waals surface area (Å²) in [6.07, 6.45) is 2.70. The summed E-state index contributed by atoms with van der Waals surface area (Å²) in [5.41, 5.74) is 1.74. The van der Waals surface area contributed by atoms with Gasteiger partial charge >= 0.3 is 0 Å². The average Bonchev–Trinajstić information content (AvgIpc) is 3.14. The number of para-hydroxylation sites is 1. The number of nitrogens with zero attached hydrogens (tertiary/aromatic N) is 1. The Morgan fingerprint density at radius 2 is 2.10 bits per heavy atom. The molecule has 0 aliphatic rings. The summed E-state index contributed by atoms with van der Waals surface area (Å²) in [5.74, 6) is 0.0662. The van der Waals surface area contributed by atoms with E-state index in [1.54, 1.807) is 17.5 Å². The Bertz CT molecular complexity index is 745. The van der Waals surface area contributed by atoms with Crippen LogP contribution in [0.25, 0.3) is 10.9 Å². The fraction of sp³-hybridized carbons (Fsp3) is 0.235. The quantitative estimate of drug-likeness (QED) is 0.778. The third-order valence-corrected chi connectivity index (χ3v) is 4.78. The second-order valence-electron chi connectivity index (χ2n) is 5.30. The van der Waals surface area contributed by atoms with Gasteiger partial charge in [0.25, 0.3) is 5.91 Å². The molecular formula is C17H18N2OS. The molecule has 1 unspecified atom stereocenters. The number of hydrogen-bond donors (Lipinski definition) is 1. The lowest BCUT2D eigenvalue weighted by Gasteiger charge is -2.24.